The average molecular weight is 485 g/mol. The Labute approximate surface area is 198 Å². The van der Waals surface area contributed by atoms with E-state index in [0.29, 0.717) is 19.0 Å². The Morgan fingerprint density at radius 1 is 1.12 bits per heavy atom. The summed E-state index contributed by atoms with van der Waals surface area (Å²) in [5, 5.41) is 12.1. The van der Waals surface area contributed by atoms with Crippen LogP contribution >= 0.6 is 11.3 Å². The van der Waals surface area contributed by atoms with E-state index in [9.17, 15) is 18.3 Å². The molecule has 0 bridgehead atoms. The van der Waals surface area contributed by atoms with Crippen LogP contribution in [0.15, 0.2) is 64.2 Å². The Bertz CT molecular complexity index is 1200. The zero-order valence-corrected chi connectivity index (χ0v) is 20.2. The molecule has 0 unspecified atom stereocenters. The summed E-state index contributed by atoms with van der Waals surface area (Å²) in [6.45, 7) is 3.40. The molecule has 3 aromatic rings. The lowest BCUT2D eigenvalue weighted by Gasteiger charge is -2.32. The predicted molar refractivity (Wildman–Crippen MR) is 131 cm³/mol. The van der Waals surface area contributed by atoms with Crippen LogP contribution in [0.4, 0.5) is 5.69 Å². The van der Waals surface area contributed by atoms with Crippen LogP contribution in [0.1, 0.15) is 40.7 Å². The van der Waals surface area contributed by atoms with E-state index in [4.69, 9.17) is 0 Å². The summed E-state index contributed by atoms with van der Waals surface area (Å²) in [6.07, 6.45) is 4.03. The van der Waals surface area contributed by atoms with E-state index in [1.807, 2.05) is 0 Å². The molecule has 2 N–H and O–H groups in total. The van der Waals surface area contributed by atoms with E-state index in [1.165, 1.54) is 35.4 Å². The molecule has 0 atom stereocenters. The molecule has 33 heavy (non-hydrogen) atoms. The van der Waals surface area contributed by atoms with Gasteiger partial charge in [-0.3, -0.25) is 9.52 Å². The highest BCUT2D eigenvalue weighted by atomic mass is 32.2. The molecule has 8 heteroatoms. The molecule has 0 saturated carbocycles. The van der Waals surface area contributed by atoms with Gasteiger partial charge in [0.2, 0.25) is 0 Å². The van der Waals surface area contributed by atoms with Crippen LogP contribution in [-0.2, 0) is 16.4 Å². The Kier molecular flexibility index (Phi) is 7.05. The lowest BCUT2D eigenvalue weighted by molar-refractivity contribution is 0.0684. The van der Waals surface area contributed by atoms with Crippen molar-refractivity contribution >= 4 is 33.0 Å². The zero-order chi connectivity index (χ0) is 23.4. The van der Waals surface area contributed by atoms with Crippen LogP contribution in [0, 0.1) is 12.8 Å². The van der Waals surface area contributed by atoms with Gasteiger partial charge in [0.25, 0.3) is 15.9 Å². The quantitative estimate of drug-likeness (QED) is 0.491. The van der Waals surface area contributed by atoms with Gasteiger partial charge in [-0.15, -0.1) is 11.3 Å². The lowest BCUT2D eigenvalue weighted by atomic mass is 9.90. The molecule has 1 saturated heterocycles. The molecule has 0 aliphatic carbocycles. The third kappa shape index (κ3) is 5.75. The van der Waals surface area contributed by atoms with E-state index in [2.05, 4.69) is 35.9 Å². The first-order valence-electron chi connectivity index (χ1n) is 11.1. The molecule has 1 aliphatic rings. The normalized spacial score (nSPS) is 14.9. The van der Waals surface area contributed by atoms with Gasteiger partial charge in [0.15, 0.2) is 0 Å². The fourth-order valence-corrected chi connectivity index (χ4v) is 6.16. The molecule has 2 heterocycles. The number of likely N-dealkylation sites (tertiary alicyclic amines) is 1. The summed E-state index contributed by atoms with van der Waals surface area (Å²) in [7, 11) is -3.71. The Hall–Kier alpha value is -2.84. The first-order valence-corrected chi connectivity index (χ1v) is 13.4. The van der Waals surface area contributed by atoms with E-state index < -0.39 is 10.0 Å². The maximum Gasteiger partial charge on any atom is 0.271 e. The maximum atomic E-state index is 13.0. The Balaban J connectivity index is 1.32. The summed E-state index contributed by atoms with van der Waals surface area (Å²) in [4.78, 5) is 14.7. The van der Waals surface area contributed by atoms with E-state index in [0.717, 1.165) is 37.0 Å². The van der Waals surface area contributed by atoms with Gasteiger partial charge in [-0.05, 0) is 67.7 Å². The van der Waals surface area contributed by atoms with Gasteiger partial charge in [0, 0.05) is 19.2 Å². The van der Waals surface area contributed by atoms with Gasteiger partial charge in [-0.1, -0.05) is 35.9 Å². The molecule has 1 amide bonds. The van der Waals surface area contributed by atoms with Gasteiger partial charge >= 0.3 is 0 Å². The fraction of sp³-hybridized carbons (Fsp3) is 0.320. The standard InChI is InChI=1S/C25H28N2O4S2/c1-18-4-6-19(7-5-18)8-9-20-12-14-27(15-13-20)25(29)22-11-10-21(17-23(22)28)26-33(30,31)24-3-2-16-32-24/h2-7,10-11,16-17,20,26,28H,8-9,12-15H2,1H3. The van der Waals surface area contributed by atoms with Crippen LogP contribution in [0.2, 0.25) is 0 Å². The molecule has 2 aromatic carbocycles. The molecule has 0 radical (unpaired) electrons. The van der Waals surface area contributed by atoms with E-state index >= 15 is 0 Å². The number of thiophene rings is 1. The lowest BCUT2D eigenvalue weighted by Crippen LogP contribution is -2.38. The van der Waals surface area contributed by atoms with Crippen molar-refractivity contribution in [3.63, 3.8) is 0 Å². The monoisotopic (exact) mass is 484 g/mol. The van der Waals surface area contributed by atoms with Crippen molar-refractivity contribution in [2.75, 3.05) is 17.8 Å². The van der Waals surface area contributed by atoms with Crippen molar-refractivity contribution in [2.24, 2.45) is 5.92 Å². The molecule has 0 spiro atoms. The minimum Gasteiger partial charge on any atom is -0.507 e. The van der Waals surface area contributed by atoms with Crippen molar-refractivity contribution in [3.05, 3.63) is 76.7 Å². The predicted octanol–water partition coefficient (Wildman–Crippen LogP) is 5.05. The van der Waals surface area contributed by atoms with Crippen molar-refractivity contribution in [2.45, 2.75) is 36.8 Å². The number of sulfonamides is 1. The van der Waals surface area contributed by atoms with Gasteiger partial charge < -0.3 is 10.0 Å². The van der Waals surface area contributed by atoms with E-state index in [-0.39, 0.29) is 27.1 Å². The number of carbonyl (C=O) groups is 1. The largest absolute Gasteiger partial charge is 0.507 e. The topological polar surface area (TPSA) is 86.7 Å². The molecule has 174 valence electrons. The summed E-state index contributed by atoms with van der Waals surface area (Å²) in [5.74, 6) is 0.128. The fourth-order valence-electron chi connectivity index (χ4n) is 4.12. The first-order chi connectivity index (χ1) is 15.8. The highest BCUT2D eigenvalue weighted by Crippen LogP contribution is 2.29. The van der Waals surface area contributed by atoms with Gasteiger partial charge in [-0.2, -0.15) is 0 Å². The number of piperidine rings is 1. The van der Waals surface area contributed by atoms with Gasteiger partial charge in [0.1, 0.15) is 9.96 Å². The Morgan fingerprint density at radius 3 is 2.48 bits per heavy atom. The van der Waals surface area contributed by atoms with Gasteiger partial charge in [0.05, 0.1) is 11.3 Å². The zero-order valence-electron chi connectivity index (χ0n) is 18.5. The number of hydrogen-bond donors (Lipinski definition) is 2. The number of rotatable bonds is 7. The number of phenolic OH excluding ortho intramolecular Hbond substituents is 1. The number of hydrogen-bond acceptors (Lipinski definition) is 5. The molecule has 6 nitrogen and oxygen atoms in total. The SMILES string of the molecule is Cc1ccc(CCC2CCN(C(=O)c3ccc(NS(=O)(=O)c4cccs4)cc3O)CC2)cc1. The number of benzene rings is 2. The summed E-state index contributed by atoms with van der Waals surface area (Å²) >= 11 is 1.11. The molecule has 1 aromatic heterocycles. The number of anilines is 1. The molecular weight excluding hydrogens is 456 g/mol. The number of nitrogens with one attached hydrogen (secondary N) is 1. The number of carbonyl (C=O) groups excluding carboxylic acids is 1. The molecule has 1 fully saturated rings. The van der Waals surface area contributed by atoms with Crippen LogP contribution in [0.3, 0.4) is 0 Å². The van der Waals surface area contributed by atoms with Crippen molar-refractivity contribution in [1.29, 1.82) is 0 Å². The second-order valence-corrected chi connectivity index (χ2v) is 11.4. The van der Waals surface area contributed by atoms with Crippen LogP contribution in [0.25, 0.3) is 0 Å². The summed E-state index contributed by atoms with van der Waals surface area (Å²) in [6, 6.07) is 16.1. The number of aryl methyl sites for hydroxylation is 2. The number of amides is 1. The first kappa shape index (κ1) is 23.3. The molecule has 1 aliphatic heterocycles. The summed E-state index contributed by atoms with van der Waals surface area (Å²) < 4.78 is 27.4. The summed E-state index contributed by atoms with van der Waals surface area (Å²) in [5.41, 5.74) is 3.01. The van der Waals surface area contributed by atoms with Crippen LogP contribution < -0.4 is 4.72 Å². The van der Waals surface area contributed by atoms with E-state index in [1.54, 1.807) is 16.3 Å². The van der Waals surface area contributed by atoms with Gasteiger partial charge in [-0.25, -0.2) is 8.42 Å². The molecule has 4 rings (SSSR count). The highest BCUT2D eigenvalue weighted by molar-refractivity contribution is 7.94. The minimum absolute atomic E-state index is 0.187. The third-order valence-corrected chi connectivity index (χ3v) is 8.88. The van der Waals surface area contributed by atoms with Crippen molar-refractivity contribution in [1.82, 2.24) is 4.90 Å². The number of phenols is 1. The molecular formula is C25H28N2O4S2. The van der Waals surface area contributed by atoms with Crippen molar-refractivity contribution in [3.8, 4) is 5.75 Å². The van der Waals surface area contributed by atoms with Crippen LogP contribution in [0.5, 0.6) is 5.75 Å². The second-order valence-electron chi connectivity index (χ2n) is 8.53. The second kappa shape index (κ2) is 9.97. The average Bonchev–Trinajstić information content (AvgIpc) is 3.35. The maximum absolute atomic E-state index is 13.0. The highest BCUT2D eigenvalue weighted by Gasteiger charge is 2.25. The minimum atomic E-state index is -3.71. The Morgan fingerprint density at radius 2 is 1.85 bits per heavy atom. The van der Waals surface area contributed by atoms with Crippen molar-refractivity contribution < 1.29 is 18.3 Å². The third-order valence-electron chi connectivity index (χ3n) is 6.10. The number of aromatic hydroxyl groups is 1. The number of nitrogens with zero attached hydrogens (tertiary/aromatic N) is 1. The smallest absolute Gasteiger partial charge is 0.271 e. The van der Waals surface area contributed by atoms with Crippen LogP contribution in [-0.4, -0.2) is 37.4 Å².